The predicted molar refractivity (Wildman–Crippen MR) is 164 cm³/mol. The van der Waals surface area contributed by atoms with Gasteiger partial charge < -0.3 is 19.5 Å². The van der Waals surface area contributed by atoms with Gasteiger partial charge in [-0.1, -0.05) is 35.0 Å². The average molecular weight is 744 g/mol. The molecular formula is C29H23Cl3F6N4O4S. The molecule has 0 atom stereocenters. The SMILES string of the molecule is COc1c(N2CCCN(CC(F)(F)F)C2=O)cc2c(c1C)CN(C(=O)c1c(Sc3c(Cl)ccc(F)c3Cl)cc(C(F)(F)Cl)[nH]c1=O)C2. The molecule has 0 radical (unpaired) electrons. The number of pyridine rings is 1. The van der Waals surface area contributed by atoms with Crippen LogP contribution in [0.1, 0.15) is 39.2 Å². The molecule has 2 aliphatic heterocycles. The van der Waals surface area contributed by atoms with E-state index >= 15 is 0 Å². The van der Waals surface area contributed by atoms with Gasteiger partial charge in [0.1, 0.15) is 29.4 Å². The van der Waals surface area contributed by atoms with Crippen LogP contribution in [-0.2, 0) is 18.5 Å². The molecule has 3 heterocycles. The van der Waals surface area contributed by atoms with Gasteiger partial charge in [0, 0.05) is 31.1 Å². The monoisotopic (exact) mass is 742 g/mol. The molecule has 1 N–H and O–H groups in total. The molecule has 3 amide bonds. The molecule has 8 nitrogen and oxygen atoms in total. The Kier molecular flexibility index (Phi) is 9.68. The van der Waals surface area contributed by atoms with Crippen molar-refractivity contribution in [2.75, 3.05) is 31.6 Å². The van der Waals surface area contributed by atoms with Gasteiger partial charge in [-0.05, 0) is 65.9 Å². The van der Waals surface area contributed by atoms with Crippen molar-refractivity contribution in [1.29, 1.82) is 0 Å². The fourth-order valence-corrected chi connectivity index (χ4v) is 7.25. The van der Waals surface area contributed by atoms with Crippen molar-refractivity contribution < 1.29 is 40.7 Å². The van der Waals surface area contributed by atoms with Gasteiger partial charge in [-0.2, -0.15) is 22.0 Å². The zero-order chi connectivity index (χ0) is 34.6. The van der Waals surface area contributed by atoms with Crippen LogP contribution in [-0.4, -0.2) is 59.6 Å². The van der Waals surface area contributed by atoms with E-state index in [2.05, 4.69) is 0 Å². The minimum Gasteiger partial charge on any atom is -0.494 e. The van der Waals surface area contributed by atoms with Crippen LogP contribution >= 0.6 is 46.6 Å². The van der Waals surface area contributed by atoms with Gasteiger partial charge in [0.2, 0.25) is 0 Å². The maximum Gasteiger partial charge on any atom is 0.406 e. The molecule has 3 aromatic rings. The third kappa shape index (κ3) is 6.99. The zero-order valence-electron chi connectivity index (χ0n) is 24.3. The summed E-state index contributed by atoms with van der Waals surface area (Å²) in [6.45, 7) is 0.0481. The number of rotatable bonds is 7. The summed E-state index contributed by atoms with van der Waals surface area (Å²) in [5.74, 6) is -1.58. The highest BCUT2D eigenvalue weighted by Crippen LogP contribution is 2.44. The van der Waals surface area contributed by atoms with E-state index in [-0.39, 0.29) is 58.9 Å². The predicted octanol–water partition coefficient (Wildman–Crippen LogP) is 7.93. The molecule has 5 rings (SSSR count). The summed E-state index contributed by atoms with van der Waals surface area (Å²) in [5, 5.41) is -4.59. The van der Waals surface area contributed by atoms with E-state index < -0.39 is 57.7 Å². The van der Waals surface area contributed by atoms with Crippen LogP contribution in [0, 0.1) is 12.7 Å². The number of amides is 3. The Morgan fingerprint density at radius 1 is 1.09 bits per heavy atom. The molecule has 1 aromatic heterocycles. The van der Waals surface area contributed by atoms with Gasteiger partial charge in [0.15, 0.2) is 0 Å². The van der Waals surface area contributed by atoms with Crippen molar-refractivity contribution in [2.45, 2.75) is 47.8 Å². The maximum atomic E-state index is 14.3. The van der Waals surface area contributed by atoms with Crippen LogP contribution in [0.25, 0.3) is 0 Å². The third-order valence-corrected chi connectivity index (χ3v) is 9.91. The lowest BCUT2D eigenvalue weighted by molar-refractivity contribution is -0.140. The fraction of sp³-hybridized carbons (Fsp3) is 0.345. The van der Waals surface area contributed by atoms with Gasteiger partial charge in [-0.25, -0.2) is 9.18 Å². The quantitative estimate of drug-likeness (QED) is 0.151. The number of carbonyl (C=O) groups is 2. The number of hydrogen-bond acceptors (Lipinski definition) is 5. The van der Waals surface area contributed by atoms with Crippen molar-refractivity contribution in [2.24, 2.45) is 0 Å². The highest BCUT2D eigenvalue weighted by molar-refractivity contribution is 7.99. The molecule has 18 heteroatoms. The van der Waals surface area contributed by atoms with Crippen molar-refractivity contribution in [3.63, 3.8) is 0 Å². The second-order valence-electron chi connectivity index (χ2n) is 10.7. The van der Waals surface area contributed by atoms with Gasteiger partial charge in [-0.3, -0.25) is 14.5 Å². The summed E-state index contributed by atoms with van der Waals surface area (Å²) < 4.78 is 87.5. The maximum absolute atomic E-state index is 14.3. The third-order valence-electron chi connectivity index (χ3n) is 7.63. The summed E-state index contributed by atoms with van der Waals surface area (Å²) >= 11 is 18.0. The molecule has 0 aliphatic carbocycles. The van der Waals surface area contributed by atoms with E-state index in [1.807, 2.05) is 4.98 Å². The topological polar surface area (TPSA) is 85.9 Å². The van der Waals surface area contributed by atoms with E-state index in [1.165, 1.54) is 23.0 Å². The van der Waals surface area contributed by atoms with Crippen molar-refractivity contribution in [3.8, 4) is 5.75 Å². The Hall–Kier alpha value is -3.27. The number of aromatic amines is 1. The number of carbonyl (C=O) groups excluding carboxylic acids is 2. The fourth-order valence-electron chi connectivity index (χ4n) is 5.51. The van der Waals surface area contributed by atoms with E-state index in [9.17, 15) is 40.7 Å². The number of halogens is 9. The molecule has 0 spiro atoms. The number of anilines is 1. The summed E-state index contributed by atoms with van der Waals surface area (Å²) in [5.41, 5.74) is -1.04. The molecular weight excluding hydrogens is 721 g/mol. The van der Waals surface area contributed by atoms with Crippen LogP contribution in [0.5, 0.6) is 5.75 Å². The number of urea groups is 1. The first-order valence-electron chi connectivity index (χ1n) is 13.7. The van der Waals surface area contributed by atoms with Gasteiger partial charge in [0.25, 0.3) is 11.5 Å². The molecule has 0 bridgehead atoms. The van der Waals surface area contributed by atoms with Crippen molar-refractivity contribution in [1.82, 2.24) is 14.8 Å². The molecule has 1 saturated heterocycles. The molecule has 47 heavy (non-hydrogen) atoms. The molecule has 1 fully saturated rings. The van der Waals surface area contributed by atoms with Gasteiger partial charge in [-0.15, -0.1) is 0 Å². The number of H-pyrrole nitrogens is 1. The molecule has 0 saturated carbocycles. The first-order valence-corrected chi connectivity index (χ1v) is 15.6. The second kappa shape index (κ2) is 13.0. The average Bonchev–Trinajstić information content (AvgIpc) is 3.41. The number of fused-ring (bicyclic) bond motifs is 1. The Bertz CT molecular complexity index is 1840. The number of benzene rings is 2. The van der Waals surface area contributed by atoms with E-state index in [1.54, 1.807) is 6.92 Å². The number of hydrogen-bond donors (Lipinski definition) is 1. The van der Waals surface area contributed by atoms with Crippen molar-refractivity contribution in [3.05, 3.63) is 78.4 Å². The summed E-state index contributed by atoms with van der Waals surface area (Å²) in [4.78, 5) is 44.8. The standard InChI is InChI=1S/C29H23Cl3F6N4O4S/c1-13-15-11-41(10-14(15)8-18(23(13)46-2)42-7-3-6-40(27(42)45)12-28(34,35)36)26(44)21-19(9-20(29(32,37)38)39-25(21)43)47-24-16(30)4-5-17(33)22(24)31/h4-5,8-9H,3,6-7,10-12H2,1-2H3,(H,39,43). The first-order chi connectivity index (χ1) is 21.9. The Balaban J connectivity index is 1.53. The van der Waals surface area contributed by atoms with Crippen LogP contribution in [0.4, 0.5) is 36.8 Å². The zero-order valence-corrected chi connectivity index (χ0v) is 27.4. The minimum atomic E-state index is -4.60. The van der Waals surface area contributed by atoms with Crippen molar-refractivity contribution >= 4 is 64.2 Å². The summed E-state index contributed by atoms with van der Waals surface area (Å²) in [7, 11) is 1.33. The highest BCUT2D eigenvalue weighted by Gasteiger charge is 2.39. The summed E-state index contributed by atoms with van der Waals surface area (Å²) in [6, 6.07) is 3.59. The van der Waals surface area contributed by atoms with Crippen LogP contribution < -0.4 is 15.2 Å². The molecule has 0 unspecified atom stereocenters. The van der Waals surface area contributed by atoms with E-state index in [0.717, 1.165) is 18.2 Å². The van der Waals surface area contributed by atoms with E-state index in [4.69, 9.17) is 39.5 Å². The number of nitrogens with one attached hydrogen (secondary N) is 1. The molecule has 2 aliphatic rings. The molecule has 252 valence electrons. The number of ether oxygens (including phenoxy) is 1. The second-order valence-corrected chi connectivity index (χ2v) is 13.0. The highest BCUT2D eigenvalue weighted by atomic mass is 35.5. The van der Waals surface area contributed by atoms with Crippen LogP contribution in [0.3, 0.4) is 0 Å². The first kappa shape index (κ1) is 35.0. The minimum absolute atomic E-state index is 0.0795. The number of alkyl halides is 6. The largest absolute Gasteiger partial charge is 0.494 e. The normalized spacial score (nSPS) is 15.4. The number of aromatic nitrogens is 1. The number of nitrogens with zero attached hydrogens (tertiary/aromatic N) is 3. The molecule has 2 aromatic carbocycles. The van der Waals surface area contributed by atoms with Crippen LogP contribution in [0.2, 0.25) is 10.0 Å². The smallest absolute Gasteiger partial charge is 0.406 e. The lowest BCUT2D eigenvalue weighted by Crippen LogP contribution is -2.52. The summed E-state index contributed by atoms with van der Waals surface area (Å²) in [6.07, 6.45) is -4.35. The number of methoxy groups -OCH3 is 1. The Labute approximate surface area is 282 Å². The van der Waals surface area contributed by atoms with Crippen LogP contribution in [0.15, 0.2) is 38.9 Å². The lowest BCUT2D eigenvalue weighted by atomic mass is 10.0. The Morgan fingerprint density at radius 2 is 1.79 bits per heavy atom. The van der Waals surface area contributed by atoms with Gasteiger partial charge >= 0.3 is 17.6 Å². The van der Waals surface area contributed by atoms with Gasteiger partial charge in [0.05, 0.1) is 27.7 Å². The Morgan fingerprint density at radius 3 is 2.43 bits per heavy atom. The lowest BCUT2D eigenvalue weighted by Gasteiger charge is -2.37. The van der Waals surface area contributed by atoms with E-state index in [0.29, 0.717) is 33.4 Å².